The van der Waals surface area contributed by atoms with Crippen molar-refractivity contribution in [3.63, 3.8) is 0 Å². The van der Waals surface area contributed by atoms with Crippen LogP contribution in [0.15, 0.2) is 35.0 Å². The molecule has 16 heavy (non-hydrogen) atoms. The highest BCUT2D eigenvalue weighted by Crippen LogP contribution is 2.16. The van der Waals surface area contributed by atoms with Gasteiger partial charge in [-0.05, 0) is 45.4 Å². The molecular weight excluding hydrogens is 224 g/mol. The molecule has 0 fully saturated rings. The van der Waals surface area contributed by atoms with E-state index in [0.717, 1.165) is 5.76 Å². The largest absolute Gasteiger partial charge is 0.491 e. The van der Waals surface area contributed by atoms with E-state index in [2.05, 4.69) is 0 Å². The zero-order chi connectivity index (χ0) is 12.0. The molecule has 0 aromatic heterocycles. The first-order chi connectivity index (χ1) is 7.63. The predicted molar refractivity (Wildman–Crippen MR) is 65.9 cm³/mol. The summed E-state index contributed by atoms with van der Waals surface area (Å²) >= 11 is -1.36. The molecule has 1 unspecified atom stereocenters. The molecule has 4 heteroatoms. The van der Waals surface area contributed by atoms with Gasteiger partial charge in [0, 0.05) is 0 Å². The highest BCUT2D eigenvalue weighted by Gasteiger charge is 2.07. The van der Waals surface area contributed by atoms with Crippen LogP contribution >= 0.6 is 0 Å². The molecule has 0 bridgehead atoms. The molecule has 1 atom stereocenters. The lowest BCUT2D eigenvalue weighted by Crippen LogP contribution is -2.00. The minimum atomic E-state index is -1.36. The van der Waals surface area contributed by atoms with E-state index in [1.165, 1.54) is 0 Å². The summed E-state index contributed by atoms with van der Waals surface area (Å²) in [6.07, 6.45) is 8.33. The summed E-state index contributed by atoms with van der Waals surface area (Å²) in [7, 11) is 0. The van der Waals surface area contributed by atoms with Gasteiger partial charge >= 0.3 is 0 Å². The Balaban J connectivity index is 2.63. The SMILES string of the molecule is CCOS(=O)C1=CCC=C(OC(C)C)C=C1. The fourth-order valence-corrected chi connectivity index (χ4v) is 2.01. The fourth-order valence-electron chi connectivity index (χ4n) is 1.25. The normalized spacial score (nSPS) is 17.8. The van der Waals surface area contributed by atoms with Gasteiger partial charge in [0.05, 0.1) is 17.6 Å². The smallest absolute Gasteiger partial charge is 0.188 e. The van der Waals surface area contributed by atoms with Gasteiger partial charge in [-0.15, -0.1) is 0 Å². The first kappa shape index (κ1) is 13.2. The lowest BCUT2D eigenvalue weighted by atomic mass is 10.3. The van der Waals surface area contributed by atoms with Gasteiger partial charge in [0.25, 0.3) is 0 Å². The summed E-state index contributed by atoms with van der Waals surface area (Å²) < 4.78 is 22.2. The van der Waals surface area contributed by atoms with E-state index in [0.29, 0.717) is 17.9 Å². The topological polar surface area (TPSA) is 35.5 Å². The number of ether oxygens (including phenoxy) is 1. The van der Waals surface area contributed by atoms with Crippen LogP contribution in [0.1, 0.15) is 27.2 Å². The molecule has 0 amide bonds. The second-order valence-electron chi connectivity index (χ2n) is 3.59. The summed E-state index contributed by atoms with van der Waals surface area (Å²) in [4.78, 5) is 0.695. The predicted octanol–water partition coefficient (Wildman–Crippen LogP) is 2.84. The maximum Gasteiger partial charge on any atom is 0.188 e. The zero-order valence-electron chi connectivity index (χ0n) is 9.93. The molecule has 1 aliphatic carbocycles. The standard InChI is InChI=1S/C12H18O3S/c1-4-14-16(13)12-7-5-6-11(8-9-12)15-10(2)3/h6-10H,4-5H2,1-3H3. The van der Waals surface area contributed by atoms with Crippen molar-refractivity contribution in [3.8, 4) is 0 Å². The van der Waals surface area contributed by atoms with Crippen LogP contribution in [0.2, 0.25) is 0 Å². The highest BCUT2D eigenvalue weighted by atomic mass is 32.2. The maximum absolute atomic E-state index is 11.6. The minimum Gasteiger partial charge on any atom is -0.491 e. The van der Waals surface area contributed by atoms with Crippen molar-refractivity contribution in [2.24, 2.45) is 0 Å². The molecular formula is C12H18O3S. The Morgan fingerprint density at radius 1 is 1.38 bits per heavy atom. The van der Waals surface area contributed by atoms with Gasteiger partial charge in [0.15, 0.2) is 11.1 Å². The Labute approximate surface area is 99.5 Å². The molecule has 0 spiro atoms. The Morgan fingerprint density at radius 3 is 2.75 bits per heavy atom. The molecule has 3 nitrogen and oxygen atoms in total. The zero-order valence-corrected chi connectivity index (χ0v) is 10.8. The van der Waals surface area contributed by atoms with Gasteiger partial charge in [-0.1, -0.05) is 6.08 Å². The third-order valence-corrected chi connectivity index (χ3v) is 2.98. The quantitative estimate of drug-likeness (QED) is 0.743. The Hall–Kier alpha value is -0.870. The molecule has 0 aromatic rings. The molecule has 0 radical (unpaired) electrons. The second kappa shape index (κ2) is 6.66. The van der Waals surface area contributed by atoms with E-state index in [1.54, 1.807) is 6.08 Å². The van der Waals surface area contributed by atoms with E-state index < -0.39 is 11.1 Å². The summed E-state index contributed by atoms with van der Waals surface area (Å²) in [5, 5.41) is 0. The van der Waals surface area contributed by atoms with Crippen LogP contribution < -0.4 is 0 Å². The summed E-state index contributed by atoms with van der Waals surface area (Å²) in [6, 6.07) is 0. The van der Waals surface area contributed by atoms with Crippen LogP contribution in [-0.4, -0.2) is 16.9 Å². The van der Waals surface area contributed by atoms with Crippen LogP contribution in [0.3, 0.4) is 0 Å². The average Bonchev–Trinajstić information content (AvgIpc) is 2.43. The summed E-state index contributed by atoms with van der Waals surface area (Å²) in [5.41, 5.74) is 0. The first-order valence-corrected chi connectivity index (χ1v) is 6.51. The van der Waals surface area contributed by atoms with Crippen LogP contribution in [0.5, 0.6) is 0 Å². The van der Waals surface area contributed by atoms with E-state index >= 15 is 0 Å². The first-order valence-electron chi connectivity index (χ1n) is 5.43. The molecule has 0 saturated carbocycles. The van der Waals surface area contributed by atoms with E-state index in [1.807, 2.05) is 39.0 Å². The van der Waals surface area contributed by atoms with Crippen LogP contribution in [-0.2, 0) is 20.0 Å². The molecule has 1 aliphatic rings. The number of rotatable bonds is 5. The summed E-state index contributed by atoms with van der Waals surface area (Å²) in [6.45, 7) is 6.23. The van der Waals surface area contributed by atoms with Crippen molar-refractivity contribution >= 4 is 11.1 Å². The van der Waals surface area contributed by atoms with Crippen LogP contribution in [0.4, 0.5) is 0 Å². The Bertz CT molecular complexity index is 340. The third-order valence-electron chi connectivity index (χ3n) is 1.84. The van der Waals surface area contributed by atoms with Crippen molar-refractivity contribution in [3.05, 3.63) is 35.0 Å². The number of hydrogen-bond donors (Lipinski definition) is 0. The Morgan fingerprint density at radius 2 is 2.12 bits per heavy atom. The van der Waals surface area contributed by atoms with Gasteiger partial charge in [0.1, 0.15) is 5.76 Å². The molecule has 0 N–H and O–H groups in total. The maximum atomic E-state index is 11.6. The molecule has 0 aliphatic heterocycles. The Kier molecular flexibility index (Phi) is 5.49. The highest BCUT2D eigenvalue weighted by molar-refractivity contribution is 7.84. The van der Waals surface area contributed by atoms with Gasteiger partial charge in [-0.3, -0.25) is 4.18 Å². The van der Waals surface area contributed by atoms with Crippen molar-refractivity contribution in [2.75, 3.05) is 6.61 Å². The second-order valence-corrected chi connectivity index (χ2v) is 4.77. The van der Waals surface area contributed by atoms with Crippen LogP contribution in [0.25, 0.3) is 0 Å². The van der Waals surface area contributed by atoms with Gasteiger partial charge < -0.3 is 4.74 Å². The van der Waals surface area contributed by atoms with Gasteiger partial charge in [-0.2, -0.15) is 0 Å². The monoisotopic (exact) mass is 242 g/mol. The lowest BCUT2D eigenvalue weighted by Gasteiger charge is -2.09. The van der Waals surface area contributed by atoms with Crippen molar-refractivity contribution in [2.45, 2.75) is 33.3 Å². The van der Waals surface area contributed by atoms with Gasteiger partial charge in [0.2, 0.25) is 0 Å². The summed E-state index contributed by atoms with van der Waals surface area (Å²) in [5.74, 6) is 0.815. The lowest BCUT2D eigenvalue weighted by molar-refractivity contribution is 0.157. The molecule has 0 heterocycles. The van der Waals surface area contributed by atoms with Crippen LogP contribution in [0, 0.1) is 0 Å². The molecule has 0 aromatic carbocycles. The van der Waals surface area contributed by atoms with E-state index in [-0.39, 0.29) is 6.10 Å². The molecule has 0 saturated heterocycles. The molecule has 1 rings (SSSR count). The van der Waals surface area contributed by atoms with Crippen molar-refractivity contribution < 1.29 is 13.1 Å². The number of allylic oxidation sites excluding steroid dienone is 4. The average molecular weight is 242 g/mol. The fraction of sp³-hybridized carbons (Fsp3) is 0.500. The minimum absolute atomic E-state index is 0.148. The van der Waals surface area contributed by atoms with E-state index in [4.69, 9.17) is 8.92 Å². The molecule has 90 valence electrons. The van der Waals surface area contributed by atoms with E-state index in [9.17, 15) is 4.21 Å². The van der Waals surface area contributed by atoms with Crippen molar-refractivity contribution in [1.82, 2.24) is 0 Å². The number of hydrogen-bond acceptors (Lipinski definition) is 3. The van der Waals surface area contributed by atoms with Crippen molar-refractivity contribution in [1.29, 1.82) is 0 Å². The van der Waals surface area contributed by atoms with Gasteiger partial charge in [-0.25, -0.2) is 4.21 Å². The third kappa shape index (κ3) is 4.33.